The molecule has 0 saturated carbocycles. The largest absolute Gasteiger partial charge is 0.448 e. The molecule has 0 aliphatic rings. The number of fused-ring (bicyclic) bond motifs is 1. The normalized spacial score (nSPS) is 10.8. The van der Waals surface area contributed by atoms with E-state index in [1.165, 1.54) is 0 Å². The Morgan fingerprint density at radius 1 is 1.55 bits per heavy atom. The number of rotatable bonds is 4. The molecule has 112 valence electrons. The SMILES string of the molecule is C=CCn1c(C(=O)Nc2cccnc2C)cc2oc(Br)cc21. The van der Waals surface area contributed by atoms with Crippen molar-refractivity contribution in [2.45, 2.75) is 13.5 Å². The van der Waals surface area contributed by atoms with Crippen molar-refractivity contribution in [3.8, 4) is 0 Å². The van der Waals surface area contributed by atoms with E-state index in [4.69, 9.17) is 4.42 Å². The Kier molecular flexibility index (Phi) is 3.85. The molecule has 0 spiro atoms. The van der Waals surface area contributed by atoms with Gasteiger partial charge in [0.05, 0.1) is 16.9 Å². The first kappa shape index (κ1) is 14.6. The van der Waals surface area contributed by atoms with E-state index < -0.39 is 0 Å². The fourth-order valence-electron chi connectivity index (χ4n) is 2.33. The number of anilines is 1. The minimum atomic E-state index is -0.208. The van der Waals surface area contributed by atoms with E-state index in [0.717, 1.165) is 11.2 Å². The maximum absolute atomic E-state index is 12.6. The van der Waals surface area contributed by atoms with Gasteiger partial charge in [-0.2, -0.15) is 0 Å². The molecular weight excluding hydrogens is 346 g/mol. The summed E-state index contributed by atoms with van der Waals surface area (Å²) in [5.41, 5.74) is 3.48. The van der Waals surface area contributed by atoms with Crippen LogP contribution in [0.5, 0.6) is 0 Å². The second kappa shape index (κ2) is 5.81. The van der Waals surface area contributed by atoms with Crippen LogP contribution in [-0.4, -0.2) is 15.5 Å². The number of pyridine rings is 1. The summed E-state index contributed by atoms with van der Waals surface area (Å²) in [6.45, 7) is 6.11. The topological polar surface area (TPSA) is 60.1 Å². The van der Waals surface area contributed by atoms with Crippen molar-refractivity contribution in [1.82, 2.24) is 9.55 Å². The van der Waals surface area contributed by atoms with E-state index in [9.17, 15) is 4.79 Å². The molecule has 0 bridgehead atoms. The predicted molar refractivity (Wildman–Crippen MR) is 89.0 cm³/mol. The van der Waals surface area contributed by atoms with Gasteiger partial charge in [-0.05, 0) is 35.0 Å². The van der Waals surface area contributed by atoms with Crippen molar-refractivity contribution in [3.05, 3.63) is 59.2 Å². The third kappa shape index (κ3) is 2.57. The van der Waals surface area contributed by atoms with Crippen molar-refractivity contribution < 1.29 is 9.21 Å². The zero-order chi connectivity index (χ0) is 15.7. The molecule has 3 aromatic rings. The first-order valence-corrected chi connectivity index (χ1v) is 7.52. The van der Waals surface area contributed by atoms with Gasteiger partial charge in [0.25, 0.3) is 5.91 Å². The highest BCUT2D eigenvalue weighted by Crippen LogP contribution is 2.27. The summed E-state index contributed by atoms with van der Waals surface area (Å²) in [6.07, 6.45) is 3.43. The van der Waals surface area contributed by atoms with Crippen LogP contribution in [0.1, 0.15) is 16.2 Å². The number of furan rings is 1. The summed E-state index contributed by atoms with van der Waals surface area (Å²) >= 11 is 3.30. The number of allylic oxidation sites excluding steroid dienone is 1. The van der Waals surface area contributed by atoms with E-state index in [0.29, 0.717) is 28.2 Å². The van der Waals surface area contributed by atoms with E-state index in [1.807, 2.05) is 23.6 Å². The van der Waals surface area contributed by atoms with Crippen LogP contribution in [0.4, 0.5) is 5.69 Å². The summed E-state index contributed by atoms with van der Waals surface area (Å²) < 4.78 is 8.02. The summed E-state index contributed by atoms with van der Waals surface area (Å²) in [4.78, 5) is 16.7. The maximum Gasteiger partial charge on any atom is 0.272 e. The van der Waals surface area contributed by atoms with Crippen molar-refractivity contribution in [2.24, 2.45) is 0 Å². The molecule has 22 heavy (non-hydrogen) atoms. The molecule has 0 saturated heterocycles. The highest BCUT2D eigenvalue weighted by atomic mass is 79.9. The zero-order valence-corrected chi connectivity index (χ0v) is 13.6. The number of amides is 1. The van der Waals surface area contributed by atoms with Crippen molar-refractivity contribution in [1.29, 1.82) is 0 Å². The van der Waals surface area contributed by atoms with E-state index in [1.54, 1.807) is 24.4 Å². The molecule has 0 fully saturated rings. The minimum Gasteiger partial charge on any atom is -0.448 e. The third-order valence-corrected chi connectivity index (χ3v) is 3.75. The summed E-state index contributed by atoms with van der Waals surface area (Å²) in [5, 5.41) is 2.88. The standard InChI is InChI=1S/C16H14BrN3O2/c1-3-7-20-12-9-15(17)22-14(12)8-13(20)16(21)19-11-5-4-6-18-10(11)2/h3-6,8-9H,1,7H2,2H3,(H,19,21). The lowest BCUT2D eigenvalue weighted by molar-refractivity contribution is 0.101. The Bertz CT molecular complexity index is 864. The molecule has 6 heteroatoms. The second-order valence-electron chi connectivity index (χ2n) is 4.82. The van der Waals surface area contributed by atoms with Gasteiger partial charge in [0.2, 0.25) is 0 Å². The first-order valence-electron chi connectivity index (χ1n) is 6.72. The number of carbonyl (C=O) groups is 1. The summed E-state index contributed by atoms with van der Waals surface area (Å²) in [5.74, 6) is -0.208. The van der Waals surface area contributed by atoms with Gasteiger partial charge in [-0.25, -0.2) is 0 Å². The molecule has 0 aliphatic heterocycles. The first-order chi connectivity index (χ1) is 10.6. The molecule has 0 radical (unpaired) electrons. The predicted octanol–water partition coefficient (Wildman–Crippen LogP) is 4.14. The number of nitrogens with zero attached hydrogens (tertiary/aromatic N) is 2. The molecule has 3 rings (SSSR count). The molecule has 0 aliphatic carbocycles. The number of nitrogens with one attached hydrogen (secondary N) is 1. The maximum atomic E-state index is 12.6. The quantitative estimate of drug-likeness (QED) is 0.712. The molecule has 5 nitrogen and oxygen atoms in total. The van der Waals surface area contributed by atoms with Crippen molar-refractivity contribution in [3.63, 3.8) is 0 Å². The zero-order valence-electron chi connectivity index (χ0n) is 12.0. The van der Waals surface area contributed by atoms with Crippen LogP contribution in [0.25, 0.3) is 11.1 Å². The van der Waals surface area contributed by atoms with Gasteiger partial charge in [-0.15, -0.1) is 6.58 Å². The second-order valence-corrected chi connectivity index (χ2v) is 5.60. The van der Waals surface area contributed by atoms with Crippen LogP contribution in [0.3, 0.4) is 0 Å². The van der Waals surface area contributed by atoms with Gasteiger partial charge in [-0.1, -0.05) is 6.08 Å². The lowest BCUT2D eigenvalue weighted by Crippen LogP contribution is -2.17. The van der Waals surface area contributed by atoms with Gasteiger partial charge < -0.3 is 14.3 Å². The Morgan fingerprint density at radius 3 is 3.09 bits per heavy atom. The fraction of sp³-hybridized carbons (Fsp3) is 0.125. The number of halogens is 1. The summed E-state index contributed by atoms with van der Waals surface area (Å²) in [7, 11) is 0. The van der Waals surface area contributed by atoms with Crippen molar-refractivity contribution >= 4 is 38.6 Å². The van der Waals surface area contributed by atoms with Crippen LogP contribution in [0.2, 0.25) is 0 Å². The van der Waals surface area contributed by atoms with Gasteiger partial charge in [0, 0.05) is 24.9 Å². The van der Waals surface area contributed by atoms with Gasteiger partial charge in [-0.3, -0.25) is 9.78 Å². The van der Waals surface area contributed by atoms with Crippen LogP contribution in [0, 0.1) is 6.92 Å². The highest BCUT2D eigenvalue weighted by molar-refractivity contribution is 9.10. The Labute approximate surface area is 135 Å². The van der Waals surface area contributed by atoms with Crippen LogP contribution >= 0.6 is 15.9 Å². The molecular formula is C16H14BrN3O2. The average molecular weight is 360 g/mol. The fourth-order valence-corrected chi connectivity index (χ4v) is 2.72. The van der Waals surface area contributed by atoms with E-state index in [2.05, 4.69) is 32.8 Å². The van der Waals surface area contributed by atoms with Crippen LogP contribution < -0.4 is 5.32 Å². The number of hydrogen-bond acceptors (Lipinski definition) is 3. The molecule has 0 atom stereocenters. The monoisotopic (exact) mass is 359 g/mol. The van der Waals surface area contributed by atoms with Gasteiger partial charge in [0.15, 0.2) is 10.3 Å². The molecule has 0 aromatic carbocycles. The molecule has 1 amide bonds. The van der Waals surface area contributed by atoms with Crippen LogP contribution in [0.15, 0.2) is 52.2 Å². The molecule has 3 heterocycles. The van der Waals surface area contributed by atoms with E-state index >= 15 is 0 Å². The Balaban J connectivity index is 2.00. The lowest BCUT2D eigenvalue weighted by Gasteiger charge is -2.09. The number of hydrogen-bond donors (Lipinski definition) is 1. The summed E-state index contributed by atoms with van der Waals surface area (Å²) in [6, 6.07) is 7.17. The van der Waals surface area contributed by atoms with Crippen LogP contribution in [-0.2, 0) is 6.54 Å². The number of aromatic nitrogens is 2. The van der Waals surface area contributed by atoms with Gasteiger partial charge >= 0.3 is 0 Å². The Morgan fingerprint density at radius 2 is 2.36 bits per heavy atom. The third-order valence-electron chi connectivity index (χ3n) is 3.36. The highest BCUT2D eigenvalue weighted by Gasteiger charge is 2.18. The smallest absolute Gasteiger partial charge is 0.272 e. The molecule has 3 aromatic heterocycles. The average Bonchev–Trinajstić information content (AvgIpc) is 2.99. The van der Waals surface area contributed by atoms with Crippen molar-refractivity contribution in [2.75, 3.05) is 5.32 Å². The minimum absolute atomic E-state index is 0.208. The van der Waals surface area contributed by atoms with Gasteiger partial charge in [0.1, 0.15) is 5.69 Å². The number of carbonyl (C=O) groups excluding carboxylic acids is 1. The molecule has 1 N–H and O–H groups in total. The number of aryl methyl sites for hydroxylation is 1. The Hall–Kier alpha value is -2.34. The molecule has 0 unspecified atom stereocenters. The van der Waals surface area contributed by atoms with E-state index in [-0.39, 0.29) is 5.91 Å². The lowest BCUT2D eigenvalue weighted by atomic mass is 10.3.